The lowest BCUT2D eigenvalue weighted by molar-refractivity contribution is -0.101. The number of hydrogen-bond donors (Lipinski definition) is 0. The van der Waals surface area contributed by atoms with Gasteiger partial charge in [0.1, 0.15) is 0 Å². The number of hydrogen-bond acceptors (Lipinski definition) is 5. The van der Waals surface area contributed by atoms with E-state index >= 15 is 0 Å². The highest BCUT2D eigenvalue weighted by atomic mass is 32.1. The lowest BCUT2D eigenvalue weighted by Gasteiger charge is -2.47. The smallest absolute Gasteiger partial charge is 0.263 e. The monoisotopic (exact) mass is 357 g/mol. The van der Waals surface area contributed by atoms with Crippen LogP contribution < -0.4 is 0 Å². The van der Waals surface area contributed by atoms with Gasteiger partial charge in [-0.3, -0.25) is 14.7 Å². The summed E-state index contributed by atoms with van der Waals surface area (Å²) < 4.78 is 6.00. The predicted molar refractivity (Wildman–Crippen MR) is 97.8 cm³/mol. The van der Waals surface area contributed by atoms with Gasteiger partial charge in [-0.1, -0.05) is 0 Å². The zero-order valence-electron chi connectivity index (χ0n) is 14.4. The van der Waals surface area contributed by atoms with Crippen molar-refractivity contribution >= 4 is 17.2 Å². The molecule has 0 spiro atoms. The Morgan fingerprint density at radius 2 is 2.12 bits per heavy atom. The van der Waals surface area contributed by atoms with E-state index in [4.69, 9.17) is 4.74 Å². The predicted octanol–water partition coefficient (Wildman–Crippen LogP) is 2.57. The van der Waals surface area contributed by atoms with Gasteiger partial charge in [0.05, 0.1) is 23.6 Å². The van der Waals surface area contributed by atoms with Crippen molar-refractivity contribution in [1.29, 1.82) is 0 Å². The number of rotatable bonds is 3. The lowest BCUT2D eigenvalue weighted by atomic mass is 9.98. The van der Waals surface area contributed by atoms with Crippen molar-refractivity contribution in [3.63, 3.8) is 0 Å². The molecule has 25 heavy (non-hydrogen) atoms. The fraction of sp³-hybridized carbons (Fsp3) is 0.474. The van der Waals surface area contributed by atoms with Gasteiger partial charge in [0.25, 0.3) is 5.91 Å². The van der Waals surface area contributed by atoms with Crippen molar-refractivity contribution in [3.8, 4) is 0 Å². The molecular formula is C19H23N3O2S. The van der Waals surface area contributed by atoms with E-state index in [1.807, 2.05) is 36.4 Å². The van der Waals surface area contributed by atoms with Crippen molar-refractivity contribution in [1.82, 2.24) is 14.8 Å². The first-order chi connectivity index (χ1) is 12.2. The normalized spacial score (nSPS) is 24.1. The summed E-state index contributed by atoms with van der Waals surface area (Å²) >= 11 is 1.58. The first kappa shape index (κ1) is 16.7. The number of thiophene rings is 1. The molecule has 1 amide bonds. The Kier molecular flexibility index (Phi) is 4.83. The molecule has 0 N–H and O–H groups in total. The Morgan fingerprint density at radius 1 is 1.28 bits per heavy atom. The van der Waals surface area contributed by atoms with Crippen LogP contribution in [-0.2, 0) is 11.3 Å². The van der Waals surface area contributed by atoms with Crippen molar-refractivity contribution in [2.75, 3.05) is 26.2 Å². The lowest BCUT2D eigenvalue weighted by Crippen LogP contribution is -2.60. The molecule has 132 valence electrons. The van der Waals surface area contributed by atoms with E-state index in [1.165, 1.54) is 10.4 Å². The Hall–Kier alpha value is -1.76. The molecule has 2 aliphatic rings. The minimum atomic E-state index is 0.158. The summed E-state index contributed by atoms with van der Waals surface area (Å²) in [7, 11) is 0. The fourth-order valence-corrected chi connectivity index (χ4v) is 4.59. The van der Waals surface area contributed by atoms with Crippen molar-refractivity contribution in [2.45, 2.75) is 32.0 Å². The standard InChI is InChI=1S/C19H23N3O2S/c1-14-2-3-18(25-14)19(23)22-9-6-17-16(13-22)21(10-11-24-17)12-15-4-7-20-8-5-15/h2-5,7-8,16-17H,6,9-13H2,1H3/t16-,17-/m1/s1. The Bertz CT molecular complexity index is 733. The molecule has 4 rings (SSSR count). The summed E-state index contributed by atoms with van der Waals surface area (Å²) in [4.78, 5) is 23.4. The molecular weight excluding hydrogens is 334 g/mol. The maximum Gasteiger partial charge on any atom is 0.263 e. The number of aryl methyl sites for hydroxylation is 1. The van der Waals surface area contributed by atoms with E-state index in [-0.39, 0.29) is 18.1 Å². The van der Waals surface area contributed by atoms with Crippen LogP contribution in [-0.4, -0.2) is 59.1 Å². The maximum absolute atomic E-state index is 12.8. The molecule has 2 saturated heterocycles. The molecule has 6 heteroatoms. The molecule has 2 atom stereocenters. The van der Waals surface area contributed by atoms with Crippen LogP contribution in [0.3, 0.4) is 0 Å². The summed E-state index contributed by atoms with van der Waals surface area (Å²) in [5, 5.41) is 0. The number of fused-ring (bicyclic) bond motifs is 1. The van der Waals surface area contributed by atoms with E-state index < -0.39 is 0 Å². The van der Waals surface area contributed by atoms with E-state index in [0.29, 0.717) is 0 Å². The molecule has 2 aliphatic heterocycles. The Balaban J connectivity index is 1.48. The van der Waals surface area contributed by atoms with Gasteiger partial charge in [0.15, 0.2) is 0 Å². The summed E-state index contributed by atoms with van der Waals surface area (Å²) in [5.41, 5.74) is 1.26. The minimum Gasteiger partial charge on any atom is -0.375 e. The Morgan fingerprint density at radius 3 is 2.88 bits per heavy atom. The topological polar surface area (TPSA) is 45.7 Å². The molecule has 2 aromatic rings. The molecule has 0 radical (unpaired) electrons. The number of ether oxygens (including phenoxy) is 1. The zero-order valence-corrected chi connectivity index (χ0v) is 15.2. The van der Waals surface area contributed by atoms with E-state index in [9.17, 15) is 4.79 Å². The van der Waals surface area contributed by atoms with Gasteiger partial charge < -0.3 is 9.64 Å². The van der Waals surface area contributed by atoms with Crippen LogP contribution in [0, 0.1) is 6.92 Å². The van der Waals surface area contributed by atoms with E-state index in [1.54, 1.807) is 11.3 Å². The average molecular weight is 357 g/mol. The van der Waals surface area contributed by atoms with Crippen LogP contribution in [0.15, 0.2) is 36.7 Å². The first-order valence-electron chi connectivity index (χ1n) is 8.81. The third-order valence-corrected chi connectivity index (χ3v) is 6.06. The maximum atomic E-state index is 12.8. The summed E-state index contributed by atoms with van der Waals surface area (Å²) in [6.45, 7) is 6.12. The number of aromatic nitrogens is 1. The van der Waals surface area contributed by atoms with Crippen LogP contribution >= 0.6 is 11.3 Å². The summed E-state index contributed by atoms with van der Waals surface area (Å²) in [5.74, 6) is 0.158. The highest BCUT2D eigenvalue weighted by Gasteiger charge is 2.38. The number of carbonyl (C=O) groups is 1. The van der Waals surface area contributed by atoms with Gasteiger partial charge in [-0.15, -0.1) is 11.3 Å². The molecule has 5 nitrogen and oxygen atoms in total. The molecule has 0 aromatic carbocycles. The first-order valence-corrected chi connectivity index (χ1v) is 9.62. The van der Waals surface area contributed by atoms with Gasteiger partial charge in [-0.2, -0.15) is 0 Å². The van der Waals surface area contributed by atoms with Gasteiger partial charge >= 0.3 is 0 Å². The van der Waals surface area contributed by atoms with E-state index in [2.05, 4.69) is 22.0 Å². The summed E-state index contributed by atoms with van der Waals surface area (Å²) in [6, 6.07) is 8.35. The van der Waals surface area contributed by atoms with Gasteiger partial charge in [-0.25, -0.2) is 0 Å². The summed E-state index contributed by atoms with van der Waals surface area (Å²) in [6.07, 6.45) is 4.81. The largest absolute Gasteiger partial charge is 0.375 e. The second-order valence-electron chi connectivity index (χ2n) is 6.75. The molecule has 4 heterocycles. The van der Waals surface area contributed by atoms with E-state index in [0.717, 1.165) is 44.1 Å². The number of piperidine rings is 1. The van der Waals surface area contributed by atoms with Gasteiger partial charge in [0, 0.05) is 43.4 Å². The molecule has 0 bridgehead atoms. The van der Waals surface area contributed by atoms with Gasteiger partial charge in [0.2, 0.25) is 0 Å². The average Bonchev–Trinajstić information content (AvgIpc) is 3.08. The SMILES string of the molecule is Cc1ccc(C(=O)N2CC[C@H]3OCCN(Cc4ccncc4)[C@@H]3C2)s1. The minimum absolute atomic E-state index is 0.158. The third-order valence-electron chi connectivity index (χ3n) is 5.07. The van der Waals surface area contributed by atoms with Crippen LogP contribution in [0.2, 0.25) is 0 Å². The van der Waals surface area contributed by atoms with Gasteiger partial charge in [-0.05, 0) is 43.2 Å². The number of morpholine rings is 1. The number of pyridine rings is 1. The fourth-order valence-electron chi connectivity index (χ4n) is 3.75. The van der Waals surface area contributed by atoms with Crippen molar-refractivity contribution in [2.24, 2.45) is 0 Å². The Labute approximate surface area is 152 Å². The second-order valence-corrected chi connectivity index (χ2v) is 8.04. The molecule has 0 aliphatic carbocycles. The molecule has 0 unspecified atom stereocenters. The van der Waals surface area contributed by atoms with Crippen molar-refractivity contribution < 1.29 is 9.53 Å². The quantitative estimate of drug-likeness (QED) is 0.847. The number of carbonyl (C=O) groups excluding carboxylic acids is 1. The number of likely N-dealkylation sites (tertiary alicyclic amines) is 1. The number of amides is 1. The van der Waals surface area contributed by atoms with Crippen molar-refractivity contribution in [3.05, 3.63) is 52.0 Å². The molecule has 2 fully saturated rings. The van der Waals surface area contributed by atoms with Crippen LogP contribution in [0.4, 0.5) is 0 Å². The molecule has 0 saturated carbocycles. The highest BCUT2D eigenvalue weighted by Crippen LogP contribution is 2.26. The highest BCUT2D eigenvalue weighted by molar-refractivity contribution is 7.13. The van der Waals surface area contributed by atoms with Crippen LogP contribution in [0.25, 0.3) is 0 Å². The van der Waals surface area contributed by atoms with Crippen LogP contribution in [0.1, 0.15) is 26.5 Å². The second kappa shape index (κ2) is 7.23. The zero-order chi connectivity index (χ0) is 17.2. The third kappa shape index (κ3) is 3.61. The number of nitrogens with zero attached hydrogens (tertiary/aromatic N) is 3. The van der Waals surface area contributed by atoms with Crippen LogP contribution in [0.5, 0.6) is 0 Å². The molecule has 2 aromatic heterocycles.